The van der Waals surface area contributed by atoms with Crippen LogP contribution in [0.5, 0.6) is 0 Å². The second kappa shape index (κ2) is 8.72. The van der Waals surface area contributed by atoms with Gasteiger partial charge >= 0.3 is 18.5 Å². The fourth-order valence-electron chi connectivity index (χ4n) is 4.80. The molecule has 0 saturated carbocycles. The Bertz CT molecular complexity index is 1220. The van der Waals surface area contributed by atoms with E-state index in [1.807, 2.05) is 0 Å². The van der Waals surface area contributed by atoms with Crippen LogP contribution in [0.3, 0.4) is 0 Å². The lowest BCUT2D eigenvalue weighted by atomic mass is 9.80. The molecule has 3 aromatic carbocycles. The van der Waals surface area contributed by atoms with Crippen LogP contribution in [-0.4, -0.2) is 6.61 Å². The molecule has 0 N–H and O–H groups in total. The van der Waals surface area contributed by atoms with Gasteiger partial charge in [0.25, 0.3) is 0 Å². The van der Waals surface area contributed by atoms with Crippen molar-refractivity contribution in [2.24, 2.45) is 0 Å². The van der Waals surface area contributed by atoms with Gasteiger partial charge in [-0.05, 0) is 42.0 Å². The van der Waals surface area contributed by atoms with E-state index in [4.69, 9.17) is 14.2 Å². The first-order chi connectivity index (χ1) is 17.7. The van der Waals surface area contributed by atoms with E-state index in [9.17, 15) is 39.5 Å². The van der Waals surface area contributed by atoms with Crippen LogP contribution in [0.15, 0.2) is 72.8 Å². The van der Waals surface area contributed by atoms with Crippen molar-refractivity contribution < 1.29 is 53.7 Å². The van der Waals surface area contributed by atoms with Crippen LogP contribution in [-0.2, 0) is 44.1 Å². The first-order valence-corrected chi connectivity index (χ1v) is 11.2. The summed E-state index contributed by atoms with van der Waals surface area (Å²) < 4.78 is 136. The highest BCUT2D eigenvalue weighted by molar-refractivity contribution is 5.39. The van der Waals surface area contributed by atoms with E-state index in [1.165, 1.54) is 0 Å². The largest absolute Gasteiger partial charge is 0.416 e. The van der Waals surface area contributed by atoms with Crippen molar-refractivity contribution in [2.45, 2.75) is 42.6 Å². The summed E-state index contributed by atoms with van der Waals surface area (Å²) in [4.78, 5) is 0. The van der Waals surface area contributed by atoms with Crippen LogP contribution in [0.25, 0.3) is 0 Å². The quantitative estimate of drug-likeness (QED) is 0.311. The Balaban J connectivity index is 1.61. The van der Waals surface area contributed by atoms with Gasteiger partial charge in [0.15, 0.2) is 11.9 Å². The lowest BCUT2D eigenvalue weighted by Gasteiger charge is -2.36. The van der Waals surface area contributed by atoms with Gasteiger partial charge in [0, 0.05) is 17.5 Å². The number of halogens is 9. The van der Waals surface area contributed by atoms with Crippen molar-refractivity contribution in [3.8, 4) is 0 Å². The molecule has 2 fully saturated rings. The van der Waals surface area contributed by atoms with Crippen LogP contribution in [0, 0.1) is 0 Å². The van der Waals surface area contributed by atoms with E-state index in [2.05, 4.69) is 0 Å². The Kier molecular flexibility index (Phi) is 6.08. The zero-order valence-electron chi connectivity index (χ0n) is 19.0. The summed E-state index contributed by atoms with van der Waals surface area (Å²) in [6.07, 6.45) is -15.2. The van der Waals surface area contributed by atoms with Crippen molar-refractivity contribution >= 4 is 0 Å². The van der Waals surface area contributed by atoms with Gasteiger partial charge in [-0.25, -0.2) is 0 Å². The van der Waals surface area contributed by atoms with E-state index >= 15 is 0 Å². The number of hydrogen-bond donors (Lipinski definition) is 0. The van der Waals surface area contributed by atoms with Gasteiger partial charge in [0.05, 0.1) is 23.3 Å². The first kappa shape index (κ1) is 26.5. The average molecular weight is 548 g/mol. The van der Waals surface area contributed by atoms with Gasteiger partial charge in [-0.1, -0.05) is 36.4 Å². The minimum absolute atomic E-state index is 0.0260. The maximum Gasteiger partial charge on any atom is 0.416 e. The lowest BCUT2D eigenvalue weighted by Crippen LogP contribution is -2.43. The minimum Gasteiger partial charge on any atom is -0.343 e. The molecule has 0 spiro atoms. The molecule has 12 heteroatoms. The Labute approximate surface area is 209 Å². The summed E-state index contributed by atoms with van der Waals surface area (Å²) in [6, 6.07) is 11.7. The molecule has 2 aliphatic rings. The summed E-state index contributed by atoms with van der Waals surface area (Å²) in [5.74, 6) is -1.90. The summed E-state index contributed by atoms with van der Waals surface area (Å²) >= 11 is 0. The van der Waals surface area contributed by atoms with E-state index in [0.717, 1.165) is 72.8 Å². The molecular formula is C26H17F9O3. The molecule has 3 nitrogen and oxygen atoms in total. The van der Waals surface area contributed by atoms with Crippen LogP contribution < -0.4 is 0 Å². The molecule has 0 unspecified atom stereocenters. The Morgan fingerprint density at radius 2 is 0.974 bits per heavy atom. The van der Waals surface area contributed by atoms with Gasteiger partial charge < -0.3 is 14.2 Å². The van der Waals surface area contributed by atoms with E-state index in [-0.39, 0.29) is 29.7 Å². The van der Waals surface area contributed by atoms with Gasteiger partial charge in [-0.3, -0.25) is 0 Å². The van der Waals surface area contributed by atoms with Gasteiger partial charge in [-0.15, -0.1) is 0 Å². The molecule has 38 heavy (non-hydrogen) atoms. The molecule has 0 aromatic heterocycles. The molecule has 3 aromatic rings. The second-order valence-corrected chi connectivity index (χ2v) is 8.88. The van der Waals surface area contributed by atoms with Gasteiger partial charge in [-0.2, -0.15) is 39.5 Å². The van der Waals surface area contributed by atoms with Crippen molar-refractivity contribution in [2.75, 3.05) is 6.61 Å². The lowest BCUT2D eigenvalue weighted by molar-refractivity contribution is -0.231. The number of ether oxygens (including phenoxy) is 3. The topological polar surface area (TPSA) is 27.7 Å². The summed E-state index contributed by atoms with van der Waals surface area (Å²) in [6.45, 7) is -0.0260. The first-order valence-electron chi connectivity index (χ1n) is 11.2. The molecule has 2 aliphatic heterocycles. The van der Waals surface area contributed by atoms with E-state index in [0.29, 0.717) is 0 Å². The smallest absolute Gasteiger partial charge is 0.343 e. The van der Waals surface area contributed by atoms with Crippen molar-refractivity contribution in [1.82, 2.24) is 0 Å². The predicted octanol–water partition coefficient (Wildman–Crippen LogP) is 7.96. The SMILES string of the molecule is FC(F)(F)c1ccc([C@H]2O[C@]3(c4ccc(C(F)(F)F)cc4)OCC[C@]3(c3ccc(C(F)(F)F)cc3)O2)cc1. The molecule has 0 amide bonds. The molecule has 3 atom stereocenters. The number of rotatable bonds is 3. The highest BCUT2D eigenvalue weighted by atomic mass is 19.4. The van der Waals surface area contributed by atoms with Crippen LogP contribution in [0.2, 0.25) is 0 Å². The van der Waals surface area contributed by atoms with E-state index < -0.39 is 52.9 Å². The molecule has 5 rings (SSSR count). The number of hydrogen-bond acceptors (Lipinski definition) is 3. The van der Waals surface area contributed by atoms with Crippen molar-refractivity contribution in [3.05, 3.63) is 106 Å². The normalized spacial score (nSPS) is 26.0. The van der Waals surface area contributed by atoms with Crippen molar-refractivity contribution in [3.63, 3.8) is 0 Å². The van der Waals surface area contributed by atoms with E-state index in [1.54, 1.807) is 0 Å². The molecule has 2 heterocycles. The summed E-state index contributed by atoms with van der Waals surface area (Å²) in [5, 5.41) is 0. The molecule has 202 valence electrons. The zero-order chi connectivity index (χ0) is 27.6. The molecule has 2 saturated heterocycles. The highest BCUT2D eigenvalue weighted by Crippen LogP contribution is 2.62. The monoisotopic (exact) mass is 548 g/mol. The second-order valence-electron chi connectivity index (χ2n) is 8.88. The van der Waals surface area contributed by atoms with Gasteiger partial charge in [0.1, 0.15) is 0 Å². The zero-order valence-corrected chi connectivity index (χ0v) is 19.0. The average Bonchev–Trinajstić information content (AvgIpc) is 3.37. The minimum atomic E-state index is -4.63. The number of fused-ring (bicyclic) bond motifs is 1. The van der Waals surface area contributed by atoms with Crippen LogP contribution >= 0.6 is 0 Å². The number of benzene rings is 3. The van der Waals surface area contributed by atoms with Crippen LogP contribution in [0.4, 0.5) is 39.5 Å². The third kappa shape index (κ3) is 4.34. The fraction of sp³-hybridized carbons (Fsp3) is 0.308. The Morgan fingerprint density at radius 3 is 1.42 bits per heavy atom. The highest BCUT2D eigenvalue weighted by Gasteiger charge is 2.67. The fourth-order valence-corrected chi connectivity index (χ4v) is 4.80. The Morgan fingerprint density at radius 1 is 0.553 bits per heavy atom. The summed E-state index contributed by atoms with van der Waals surface area (Å²) in [7, 11) is 0. The Hall–Kier alpha value is -3.09. The molecule has 0 radical (unpaired) electrons. The predicted molar refractivity (Wildman–Crippen MR) is 113 cm³/mol. The molecule has 0 bridgehead atoms. The maximum atomic E-state index is 13.2. The van der Waals surface area contributed by atoms with Gasteiger partial charge in [0.2, 0.25) is 5.79 Å². The number of alkyl halides is 9. The van der Waals surface area contributed by atoms with Crippen molar-refractivity contribution in [1.29, 1.82) is 0 Å². The molecule has 0 aliphatic carbocycles. The third-order valence-corrected chi connectivity index (χ3v) is 6.65. The third-order valence-electron chi connectivity index (χ3n) is 6.65. The standard InChI is InChI=1S/C26H17F9O3/c27-24(28,29)18-3-1-15(2-4-18)21-37-22(16-5-9-19(10-6-16)25(30,31)32)13-14-36-23(22,38-21)17-7-11-20(12-8-17)26(33,34)35/h1-12,21H,13-14H2/t21-,22-,23+/m1/s1. The summed E-state index contributed by atoms with van der Waals surface area (Å²) in [5.41, 5.74) is -4.00. The molecular weight excluding hydrogens is 531 g/mol. The maximum absolute atomic E-state index is 13.2. The van der Waals surface area contributed by atoms with Crippen LogP contribution in [0.1, 0.15) is 46.1 Å².